The van der Waals surface area contributed by atoms with E-state index in [0.717, 1.165) is 0 Å². The van der Waals surface area contributed by atoms with Crippen molar-refractivity contribution in [2.45, 2.75) is 6.92 Å². The predicted molar refractivity (Wildman–Crippen MR) is 60.3 cm³/mol. The van der Waals surface area contributed by atoms with Crippen LogP contribution in [0.1, 0.15) is 21.5 Å². The van der Waals surface area contributed by atoms with Gasteiger partial charge >= 0.3 is 13.1 Å². The third-order valence-electron chi connectivity index (χ3n) is 2.29. The van der Waals surface area contributed by atoms with Gasteiger partial charge in [0.2, 0.25) is 0 Å². The van der Waals surface area contributed by atoms with Crippen molar-refractivity contribution in [1.82, 2.24) is 0 Å². The highest BCUT2D eigenvalue weighted by molar-refractivity contribution is 6.58. The summed E-state index contributed by atoms with van der Waals surface area (Å²) < 4.78 is 4.58. The maximum absolute atomic E-state index is 11.4. The van der Waals surface area contributed by atoms with Crippen molar-refractivity contribution in [1.29, 1.82) is 0 Å². The molecule has 0 spiro atoms. The van der Waals surface area contributed by atoms with Crippen molar-refractivity contribution in [2.24, 2.45) is 0 Å². The van der Waals surface area contributed by atoms with Crippen LogP contribution in [-0.4, -0.2) is 30.2 Å². The molecular weight excluding hydrogens is 207 g/mol. The van der Waals surface area contributed by atoms with Crippen LogP contribution < -0.4 is 5.46 Å². The van der Waals surface area contributed by atoms with E-state index < -0.39 is 13.1 Å². The maximum Gasteiger partial charge on any atom is 0.488 e. The number of carbonyl (C=O) groups excluding carboxylic acids is 1. The third-order valence-corrected chi connectivity index (χ3v) is 2.29. The van der Waals surface area contributed by atoms with Gasteiger partial charge in [0.25, 0.3) is 0 Å². The van der Waals surface area contributed by atoms with E-state index in [-0.39, 0.29) is 11.0 Å². The fourth-order valence-electron chi connectivity index (χ4n) is 1.36. The van der Waals surface area contributed by atoms with E-state index in [4.69, 9.17) is 16.5 Å². The van der Waals surface area contributed by atoms with Crippen molar-refractivity contribution in [3.05, 3.63) is 28.8 Å². The first-order valence-electron chi connectivity index (χ1n) is 4.56. The fraction of sp³-hybridized carbons (Fsp3) is 0.182. The normalized spacial score (nSPS) is 9.44. The summed E-state index contributed by atoms with van der Waals surface area (Å²) in [6.07, 6.45) is 5.26. The number of ether oxygens (including phenoxy) is 1. The summed E-state index contributed by atoms with van der Waals surface area (Å²) in [5.74, 6) is 1.82. The van der Waals surface area contributed by atoms with Crippen molar-refractivity contribution < 1.29 is 19.6 Å². The van der Waals surface area contributed by atoms with Crippen LogP contribution in [0.25, 0.3) is 0 Å². The summed E-state index contributed by atoms with van der Waals surface area (Å²) >= 11 is 0. The third kappa shape index (κ3) is 2.24. The molecule has 0 saturated carbocycles. The molecule has 1 aromatic carbocycles. The lowest BCUT2D eigenvalue weighted by Crippen LogP contribution is -2.31. The van der Waals surface area contributed by atoms with E-state index in [2.05, 4.69) is 10.7 Å². The Morgan fingerprint density at radius 2 is 2.12 bits per heavy atom. The Hall–Kier alpha value is -1.77. The molecule has 0 atom stereocenters. The first-order valence-corrected chi connectivity index (χ1v) is 4.56. The minimum absolute atomic E-state index is 0.166. The smallest absolute Gasteiger partial charge is 0.465 e. The first-order chi connectivity index (χ1) is 7.51. The van der Waals surface area contributed by atoms with E-state index in [1.54, 1.807) is 6.92 Å². The van der Waals surface area contributed by atoms with Gasteiger partial charge in [-0.3, -0.25) is 0 Å². The summed E-state index contributed by atoms with van der Waals surface area (Å²) in [7, 11) is -0.421. The molecule has 0 aliphatic rings. The van der Waals surface area contributed by atoms with Crippen LogP contribution >= 0.6 is 0 Å². The van der Waals surface area contributed by atoms with Gasteiger partial charge in [0, 0.05) is 5.56 Å². The van der Waals surface area contributed by atoms with Crippen LogP contribution in [0.5, 0.6) is 0 Å². The molecule has 0 amide bonds. The van der Waals surface area contributed by atoms with Gasteiger partial charge in [-0.15, -0.1) is 6.42 Å². The Bertz CT molecular complexity index is 460. The molecule has 0 unspecified atom stereocenters. The molecule has 0 aliphatic carbocycles. The predicted octanol–water partition coefficient (Wildman–Crippen LogP) is -0.557. The van der Waals surface area contributed by atoms with Crippen molar-refractivity contribution in [3.8, 4) is 12.3 Å². The average molecular weight is 218 g/mol. The second-order valence-electron chi connectivity index (χ2n) is 3.25. The number of rotatable bonds is 2. The number of hydrogen-bond donors (Lipinski definition) is 2. The van der Waals surface area contributed by atoms with Crippen molar-refractivity contribution >= 4 is 18.6 Å². The Labute approximate surface area is 94.0 Å². The SMILES string of the molecule is C#Cc1cc(B(O)O)cc(C(=O)OC)c1C. The van der Waals surface area contributed by atoms with Crippen LogP contribution in [-0.2, 0) is 4.74 Å². The minimum Gasteiger partial charge on any atom is -0.465 e. The van der Waals surface area contributed by atoms with E-state index in [9.17, 15) is 4.79 Å². The summed E-state index contributed by atoms with van der Waals surface area (Å²) in [6.45, 7) is 1.68. The molecule has 82 valence electrons. The van der Waals surface area contributed by atoms with Crippen LogP contribution in [0.3, 0.4) is 0 Å². The number of terminal acetylenes is 1. The molecule has 1 aromatic rings. The number of benzene rings is 1. The minimum atomic E-state index is -1.67. The van der Waals surface area contributed by atoms with Crippen LogP contribution in [0.4, 0.5) is 0 Å². The summed E-state index contributed by atoms with van der Waals surface area (Å²) in [4.78, 5) is 11.4. The first kappa shape index (κ1) is 12.3. The second-order valence-corrected chi connectivity index (χ2v) is 3.25. The van der Waals surface area contributed by atoms with Gasteiger partial charge in [-0.05, 0) is 30.1 Å². The van der Waals surface area contributed by atoms with E-state index in [1.165, 1.54) is 19.2 Å². The van der Waals surface area contributed by atoms with E-state index in [0.29, 0.717) is 11.1 Å². The molecule has 2 N–H and O–H groups in total. The molecule has 4 nitrogen and oxygen atoms in total. The van der Waals surface area contributed by atoms with Crippen LogP contribution in [0, 0.1) is 19.3 Å². The largest absolute Gasteiger partial charge is 0.488 e. The quantitative estimate of drug-likeness (QED) is 0.396. The molecule has 0 aliphatic heterocycles. The maximum atomic E-state index is 11.4. The lowest BCUT2D eigenvalue weighted by atomic mass is 9.77. The Balaban J connectivity index is 3.43. The lowest BCUT2D eigenvalue weighted by molar-refractivity contribution is 0.0600. The molecule has 0 heterocycles. The topological polar surface area (TPSA) is 66.8 Å². The van der Waals surface area contributed by atoms with Crippen molar-refractivity contribution in [3.63, 3.8) is 0 Å². The lowest BCUT2D eigenvalue weighted by Gasteiger charge is -2.09. The fourth-order valence-corrected chi connectivity index (χ4v) is 1.36. The summed E-state index contributed by atoms with van der Waals surface area (Å²) in [6, 6.07) is 2.80. The molecule has 0 radical (unpaired) electrons. The molecule has 16 heavy (non-hydrogen) atoms. The van der Waals surface area contributed by atoms with Gasteiger partial charge in [-0.25, -0.2) is 4.79 Å². The van der Waals surface area contributed by atoms with Crippen molar-refractivity contribution in [2.75, 3.05) is 7.11 Å². The van der Waals surface area contributed by atoms with Crippen LogP contribution in [0.2, 0.25) is 0 Å². The molecule has 0 bridgehead atoms. The Morgan fingerprint density at radius 1 is 1.50 bits per heavy atom. The number of hydrogen-bond acceptors (Lipinski definition) is 4. The molecule has 0 aromatic heterocycles. The van der Waals surface area contributed by atoms with Crippen LogP contribution in [0.15, 0.2) is 12.1 Å². The number of methoxy groups -OCH3 is 1. The van der Waals surface area contributed by atoms with Gasteiger partial charge in [-0.2, -0.15) is 0 Å². The zero-order valence-electron chi connectivity index (χ0n) is 9.02. The van der Waals surface area contributed by atoms with Gasteiger partial charge in [0.1, 0.15) is 0 Å². The van der Waals surface area contributed by atoms with Gasteiger partial charge in [-0.1, -0.05) is 5.92 Å². The zero-order chi connectivity index (χ0) is 12.3. The summed E-state index contributed by atoms with van der Waals surface area (Å²) in [5.41, 5.74) is 1.42. The van der Waals surface area contributed by atoms with Gasteiger partial charge in [0.15, 0.2) is 0 Å². The monoisotopic (exact) mass is 218 g/mol. The second kappa shape index (κ2) is 4.84. The highest BCUT2D eigenvalue weighted by atomic mass is 16.5. The molecule has 1 rings (SSSR count). The summed E-state index contributed by atoms with van der Waals surface area (Å²) in [5, 5.41) is 18.1. The Kier molecular flexibility index (Phi) is 3.72. The number of carbonyl (C=O) groups is 1. The molecule has 5 heteroatoms. The number of esters is 1. The standard InChI is InChI=1S/C11H11BO4/c1-4-8-5-9(12(14)15)6-10(7(8)2)11(13)16-3/h1,5-6,14-15H,2-3H3. The highest BCUT2D eigenvalue weighted by Crippen LogP contribution is 2.12. The zero-order valence-corrected chi connectivity index (χ0v) is 9.02. The van der Waals surface area contributed by atoms with Gasteiger partial charge < -0.3 is 14.8 Å². The van der Waals surface area contributed by atoms with E-state index in [1.807, 2.05) is 0 Å². The molecular formula is C11H11BO4. The molecule has 0 saturated heterocycles. The molecule has 0 fully saturated rings. The van der Waals surface area contributed by atoms with E-state index >= 15 is 0 Å². The highest BCUT2D eigenvalue weighted by Gasteiger charge is 2.18. The average Bonchev–Trinajstić information content (AvgIpc) is 2.28. The van der Waals surface area contributed by atoms with Gasteiger partial charge in [0.05, 0.1) is 12.7 Å². The Morgan fingerprint density at radius 3 is 2.56 bits per heavy atom.